The van der Waals surface area contributed by atoms with E-state index in [1.165, 1.54) is 0 Å². The maximum absolute atomic E-state index is 13.8. The molecule has 0 saturated carbocycles. The number of aliphatic carboxylic acids is 1. The van der Waals surface area contributed by atoms with Crippen LogP contribution in [0.3, 0.4) is 0 Å². The van der Waals surface area contributed by atoms with Gasteiger partial charge in [-0.2, -0.15) is 0 Å². The fourth-order valence-electron chi connectivity index (χ4n) is 6.03. The number of carboxylic acid groups (broad SMARTS) is 1. The number of anilines is 1. The molecule has 1 unspecified atom stereocenters. The number of nitrogens with zero attached hydrogens (tertiary/aromatic N) is 4. The number of fused-ring (bicyclic) bond motifs is 1. The highest BCUT2D eigenvalue weighted by Gasteiger charge is 2.48. The average Bonchev–Trinajstić information content (AvgIpc) is 3.63. The smallest absolute Gasteiger partial charge is 0.308 e. The van der Waals surface area contributed by atoms with Crippen LogP contribution in [-0.4, -0.2) is 78.2 Å². The van der Waals surface area contributed by atoms with Crippen molar-refractivity contribution >= 4 is 23.5 Å². The van der Waals surface area contributed by atoms with Crippen molar-refractivity contribution < 1.29 is 33.5 Å². The van der Waals surface area contributed by atoms with Crippen molar-refractivity contribution in [1.29, 1.82) is 0 Å². The first-order valence-electron chi connectivity index (χ1n) is 13.8. The summed E-state index contributed by atoms with van der Waals surface area (Å²) in [5, 5.41) is 10.5. The van der Waals surface area contributed by atoms with Crippen molar-refractivity contribution in [3.05, 3.63) is 48.3 Å². The number of pyridine rings is 1. The third kappa shape index (κ3) is 5.71. The molecule has 0 radical (unpaired) electrons. The molecule has 3 aliphatic heterocycles. The molecule has 2 saturated heterocycles. The summed E-state index contributed by atoms with van der Waals surface area (Å²) >= 11 is 0. The summed E-state index contributed by atoms with van der Waals surface area (Å²) in [6.45, 7) is 4.16. The van der Waals surface area contributed by atoms with Gasteiger partial charge >= 0.3 is 5.97 Å². The van der Waals surface area contributed by atoms with Crippen LogP contribution in [0, 0.1) is 5.92 Å². The molecule has 1 aromatic carbocycles. The number of carbonyl (C=O) groups is 3. The number of aromatic nitrogens is 1. The molecule has 1 N–H and O–H groups in total. The van der Waals surface area contributed by atoms with Gasteiger partial charge < -0.3 is 24.4 Å². The van der Waals surface area contributed by atoms with Crippen molar-refractivity contribution in [2.75, 3.05) is 44.4 Å². The summed E-state index contributed by atoms with van der Waals surface area (Å²) in [6.07, 6.45) is 6.89. The van der Waals surface area contributed by atoms with Crippen LogP contribution in [0.5, 0.6) is 11.5 Å². The SMILES string of the molecule is CCCCN(C(=O)CN1C[C@H](c2ccc3c(c2)OCO3)C(C(=O)O)[C@@H]1CN1CCCC1=O)c1ccc[n+](C)c1. The highest BCUT2D eigenvalue weighted by molar-refractivity contribution is 5.94. The minimum absolute atomic E-state index is 0.0401. The van der Waals surface area contributed by atoms with Crippen molar-refractivity contribution in [3.63, 3.8) is 0 Å². The molecule has 2 amide bonds. The van der Waals surface area contributed by atoms with Crippen molar-refractivity contribution in [1.82, 2.24) is 9.80 Å². The molecule has 0 spiro atoms. The molecule has 208 valence electrons. The van der Waals surface area contributed by atoms with Gasteiger partial charge in [0.05, 0.1) is 12.5 Å². The van der Waals surface area contributed by atoms with Gasteiger partial charge in [-0.05, 0) is 36.6 Å². The summed E-state index contributed by atoms with van der Waals surface area (Å²) < 4.78 is 12.9. The molecule has 2 aromatic rings. The number of carboxylic acids is 1. The Hall–Kier alpha value is -3.66. The highest BCUT2D eigenvalue weighted by atomic mass is 16.7. The van der Waals surface area contributed by atoms with Crippen LogP contribution >= 0.6 is 0 Å². The van der Waals surface area contributed by atoms with E-state index in [0.717, 1.165) is 30.5 Å². The maximum atomic E-state index is 13.8. The van der Waals surface area contributed by atoms with E-state index in [0.29, 0.717) is 44.1 Å². The zero-order chi connectivity index (χ0) is 27.5. The molecular formula is C29H37N4O6+. The van der Waals surface area contributed by atoms with Gasteiger partial charge in [-0.25, -0.2) is 4.57 Å². The highest BCUT2D eigenvalue weighted by Crippen LogP contribution is 2.42. The van der Waals surface area contributed by atoms with E-state index < -0.39 is 17.9 Å². The van der Waals surface area contributed by atoms with Gasteiger partial charge in [0.1, 0.15) is 12.7 Å². The van der Waals surface area contributed by atoms with Gasteiger partial charge in [-0.15, -0.1) is 0 Å². The lowest BCUT2D eigenvalue weighted by atomic mass is 9.85. The number of likely N-dealkylation sites (tertiary alicyclic amines) is 2. The van der Waals surface area contributed by atoms with Crippen molar-refractivity contribution in [3.8, 4) is 11.5 Å². The largest absolute Gasteiger partial charge is 0.481 e. The van der Waals surface area contributed by atoms with E-state index in [1.807, 2.05) is 59.2 Å². The molecule has 4 heterocycles. The van der Waals surface area contributed by atoms with Crippen LogP contribution in [0.25, 0.3) is 0 Å². The van der Waals surface area contributed by atoms with E-state index in [9.17, 15) is 19.5 Å². The van der Waals surface area contributed by atoms with Crippen LogP contribution in [-0.2, 0) is 21.4 Å². The predicted octanol–water partition coefficient (Wildman–Crippen LogP) is 2.16. The van der Waals surface area contributed by atoms with Gasteiger partial charge in [-0.3, -0.25) is 19.3 Å². The number of rotatable bonds is 10. The number of carbonyl (C=O) groups excluding carboxylic acids is 2. The number of ether oxygens (including phenoxy) is 2. The lowest BCUT2D eigenvalue weighted by Gasteiger charge is -2.32. The third-order valence-electron chi connectivity index (χ3n) is 8.05. The molecular weight excluding hydrogens is 500 g/mol. The topological polar surface area (TPSA) is 104 Å². The Bertz CT molecular complexity index is 1240. The van der Waals surface area contributed by atoms with E-state index in [4.69, 9.17) is 9.47 Å². The average molecular weight is 538 g/mol. The normalized spacial score (nSPS) is 22.5. The maximum Gasteiger partial charge on any atom is 0.308 e. The third-order valence-corrected chi connectivity index (χ3v) is 8.05. The van der Waals surface area contributed by atoms with Crippen LogP contribution in [0.4, 0.5) is 5.69 Å². The Labute approximate surface area is 228 Å². The van der Waals surface area contributed by atoms with E-state index in [1.54, 1.807) is 9.80 Å². The van der Waals surface area contributed by atoms with Crippen LogP contribution in [0.2, 0.25) is 0 Å². The molecule has 3 aliphatic rings. The minimum atomic E-state index is -0.929. The summed E-state index contributed by atoms with van der Waals surface area (Å²) in [5.41, 5.74) is 1.64. The monoisotopic (exact) mass is 537 g/mol. The van der Waals surface area contributed by atoms with E-state index >= 15 is 0 Å². The first kappa shape index (κ1) is 26.9. The standard InChI is InChI=1S/C29H36N4O6/c1-3-4-13-33(21-7-5-11-30(2)15-21)27(35)18-32-16-22(20-9-10-24-25(14-20)39-19-38-24)28(29(36)37)23(32)17-31-12-6-8-26(31)34/h5,7,9-11,14-15,22-23,28H,3-4,6,8,12-13,16-19H2,1-2H3/p+1/t22-,23+,28?/m1/s1. The molecule has 3 atom stereocenters. The zero-order valence-corrected chi connectivity index (χ0v) is 22.6. The Morgan fingerprint density at radius 1 is 1.21 bits per heavy atom. The molecule has 2 fully saturated rings. The zero-order valence-electron chi connectivity index (χ0n) is 22.6. The van der Waals surface area contributed by atoms with E-state index in [2.05, 4.69) is 6.92 Å². The van der Waals surface area contributed by atoms with Crippen molar-refractivity contribution in [2.24, 2.45) is 13.0 Å². The second-order valence-electron chi connectivity index (χ2n) is 10.6. The summed E-state index contributed by atoms with van der Waals surface area (Å²) in [5.74, 6) is -0.891. The van der Waals surface area contributed by atoms with Gasteiger partial charge in [0.2, 0.25) is 18.6 Å². The molecule has 5 rings (SSSR count). The van der Waals surface area contributed by atoms with Gasteiger partial charge in [-0.1, -0.05) is 19.4 Å². The number of hydrogen-bond acceptors (Lipinski definition) is 6. The molecule has 39 heavy (non-hydrogen) atoms. The Balaban J connectivity index is 1.45. The summed E-state index contributed by atoms with van der Waals surface area (Å²) in [4.78, 5) is 44.7. The molecule has 10 heteroatoms. The van der Waals surface area contributed by atoms with Gasteiger partial charge in [0, 0.05) is 50.6 Å². The van der Waals surface area contributed by atoms with E-state index in [-0.39, 0.29) is 31.1 Å². The Kier molecular flexibility index (Phi) is 8.02. The van der Waals surface area contributed by atoms with Crippen LogP contribution < -0.4 is 18.9 Å². The van der Waals surface area contributed by atoms with Gasteiger partial charge in [0.15, 0.2) is 23.9 Å². The molecule has 10 nitrogen and oxygen atoms in total. The Morgan fingerprint density at radius 3 is 2.74 bits per heavy atom. The number of unbranched alkanes of at least 4 members (excludes halogenated alkanes) is 1. The molecule has 1 aromatic heterocycles. The minimum Gasteiger partial charge on any atom is -0.481 e. The number of aryl methyl sites for hydroxylation is 1. The van der Waals surface area contributed by atoms with Crippen molar-refractivity contribution in [2.45, 2.75) is 44.6 Å². The Morgan fingerprint density at radius 2 is 2.03 bits per heavy atom. The predicted molar refractivity (Wildman–Crippen MR) is 142 cm³/mol. The summed E-state index contributed by atoms with van der Waals surface area (Å²) in [7, 11) is 1.92. The molecule has 0 bridgehead atoms. The number of amides is 2. The first-order chi connectivity index (χ1) is 18.9. The second-order valence-corrected chi connectivity index (χ2v) is 10.6. The summed E-state index contributed by atoms with van der Waals surface area (Å²) in [6, 6.07) is 8.89. The lowest BCUT2D eigenvalue weighted by molar-refractivity contribution is -0.670. The number of hydrogen-bond donors (Lipinski definition) is 1. The quantitative estimate of drug-likeness (QED) is 0.464. The van der Waals surface area contributed by atoms with Crippen LogP contribution in [0.15, 0.2) is 42.7 Å². The first-order valence-corrected chi connectivity index (χ1v) is 13.8. The fourth-order valence-corrected chi connectivity index (χ4v) is 6.03. The number of benzene rings is 1. The lowest BCUT2D eigenvalue weighted by Crippen LogP contribution is -2.49. The fraction of sp³-hybridized carbons (Fsp3) is 0.517. The second kappa shape index (κ2) is 11.6. The van der Waals surface area contributed by atoms with Crippen LogP contribution in [0.1, 0.15) is 44.1 Å². The van der Waals surface area contributed by atoms with Gasteiger partial charge in [0.25, 0.3) is 0 Å². The molecule has 0 aliphatic carbocycles.